The second-order valence-electron chi connectivity index (χ2n) is 11.5. The Bertz CT molecular complexity index is 1970. The Balaban J connectivity index is 1.26. The molecule has 0 aliphatic carbocycles. The van der Waals surface area contributed by atoms with Gasteiger partial charge in [0.2, 0.25) is 5.43 Å². The number of carbonyl (C=O) groups excluding carboxylic acids is 1. The van der Waals surface area contributed by atoms with Gasteiger partial charge in [0.1, 0.15) is 11.4 Å². The van der Waals surface area contributed by atoms with E-state index < -0.39 is 11.3 Å². The quantitative estimate of drug-likeness (QED) is 0.169. The molecule has 3 aromatic carbocycles. The number of benzene rings is 3. The van der Waals surface area contributed by atoms with E-state index in [1.54, 1.807) is 57.1 Å². The molecule has 10 nitrogen and oxygen atoms in total. The number of ether oxygens (including phenoxy) is 3. The molecule has 0 unspecified atom stereocenters. The van der Waals surface area contributed by atoms with Crippen LogP contribution in [0.1, 0.15) is 23.2 Å². The topological polar surface area (TPSA) is 127 Å². The molecular weight excluding hydrogens is 615 g/mol. The summed E-state index contributed by atoms with van der Waals surface area (Å²) >= 11 is 0. The van der Waals surface area contributed by atoms with Gasteiger partial charge in [-0.05, 0) is 77.9 Å². The molecule has 1 aliphatic heterocycles. The van der Waals surface area contributed by atoms with E-state index in [0.717, 1.165) is 29.5 Å². The molecule has 1 aliphatic rings. The number of hydrogen-bond acceptors (Lipinski definition) is 8. The minimum atomic E-state index is -0.546. The van der Waals surface area contributed by atoms with Crippen LogP contribution in [-0.4, -0.2) is 42.9 Å². The predicted octanol–water partition coefficient (Wildman–Crippen LogP) is 6.79. The molecule has 6 rings (SSSR count). The Morgan fingerprint density at radius 1 is 0.896 bits per heavy atom. The molecular formula is C37H35FN4O6. The van der Waals surface area contributed by atoms with E-state index in [4.69, 9.17) is 19.9 Å². The summed E-state index contributed by atoms with van der Waals surface area (Å²) in [7, 11) is 3.16. The van der Waals surface area contributed by atoms with E-state index in [2.05, 4.69) is 15.2 Å². The first-order valence-electron chi connectivity index (χ1n) is 15.5. The summed E-state index contributed by atoms with van der Waals surface area (Å²) in [5.74, 6) is 1.38. The minimum absolute atomic E-state index is 0.00878. The maximum absolute atomic E-state index is 13.7. The van der Waals surface area contributed by atoms with Crippen LogP contribution in [0.5, 0.6) is 17.2 Å². The van der Waals surface area contributed by atoms with Crippen molar-refractivity contribution in [3.63, 3.8) is 0 Å². The molecule has 0 bridgehead atoms. The SMILES string of the molecule is COc1ccc(-c2cnc(N)c(-c3ccc(NC(=O)c4cn(CC5CCOCC5)cc(-c5ccc(OF)cc5)c4=O)cc3)c2)cc1OC. The lowest BCUT2D eigenvalue weighted by Crippen LogP contribution is -2.26. The van der Waals surface area contributed by atoms with Crippen LogP contribution in [0.4, 0.5) is 16.0 Å². The molecule has 3 N–H and O–H groups in total. The number of pyridine rings is 2. The molecule has 2 aromatic heterocycles. The van der Waals surface area contributed by atoms with E-state index in [-0.39, 0.29) is 11.3 Å². The Labute approximate surface area is 276 Å². The fourth-order valence-electron chi connectivity index (χ4n) is 5.83. The number of nitrogens with zero attached hydrogens (tertiary/aromatic N) is 2. The van der Waals surface area contributed by atoms with Crippen molar-refractivity contribution < 1.29 is 28.5 Å². The van der Waals surface area contributed by atoms with Gasteiger partial charge in [0, 0.05) is 65.3 Å². The summed E-state index contributed by atoms with van der Waals surface area (Å²) in [5.41, 5.74) is 10.4. The molecule has 0 atom stereocenters. The van der Waals surface area contributed by atoms with Gasteiger partial charge in [0.05, 0.1) is 14.2 Å². The molecule has 3 heterocycles. The molecule has 0 saturated carbocycles. The van der Waals surface area contributed by atoms with Crippen molar-refractivity contribution in [1.29, 1.82) is 0 Å². The van der Waals surface area contributed by atoms with E-state index in [1.165, 1.54) is 12.1 Å². The number of nitrogens with two attached hydrogens (primary N) is 1. The van der Waals surface area contributed by atoms with Gasteiger partial charge in [0.15, 0.2) is 17.2 Å². The number of rotatable bonds is 10. The van der Waals surface area contributed by atoms with E-state index in [1.807, 2.05) is 41.0 Å². The second-order valence-corrected chi connectivity index (χ2v) is 11.5. The molecule has 0 spiro atoms. The zero-order valence-electron chi connectivity index (χ0n) is 26.6. The van der Waals surface area contributed by atoms with Gasteiger partial charge in [-0.3, -0.25) is 14.5 Å². The van der Waals surface area contributed by atoms with E-state index in [0.29, 0.717) is 65.4 Å². The number of amides is 1. The molecule has 1 fully saturated rings. The van der Waals surface area contributed by atoms with Gasteiger partial charge < -0.3 is 29.8 Å². The smallest absolute Gasteiger partial charge is 0.261 e. The lowest BCUT2D eigenvalue weighted by Gasteiger charge is -2.23. The number of carbonyl (C=O) groups is 1. The summed E-state index contributed by atoms with van der Waals surface area (Å²) in [4.78, 5) is 35.5. The van der Waals surface area contributed by atoms with E-state index >= 15 is 0 Å². The van der Waals surface area contributed by atoms with Crippen molar-refractivity contribution in [3.8, 4) is 50.6 Å². The van der Waals surface area contributed by atoms with Crippen LogP contribution in [0.15, 0.2) is 96.2 Å². The maximum Gasteiger partial charge on any atom is 0.261 e. The minimum Gasteiger partial charge on any atom is -0.493 e. The third-order valence-electron chi connectivity index (χ3n) is 8.48. The van der Waals surface area contributed by atoms with Crippen molar-refractivity contribution in [2.24, 2.45) is 5.92 Å². The number of aromatic nitrogens is 2. The second kappa shape index (κ2) is 14.4. The third kappa shape index (κ3) is 7.01. The molecule has 5 aromatic rings. The molecule has 1 saturated heterocycles. The van der Waals surface area contributed by atoms with Gasteiger partial charge in [-0.25, -0.2) is 4.98 Å². The lowest BCUT2D eigenvalue weighted by atomic mass is 9.99. The first-order chi connectivity index (χ1) is 23.4. The highest BCUT2D eigenvalue weighted by Crippen LogP contribution is 2.35. The van der Waals surface area contributed by atoms with Crippen molar-refractivity contribution >= 4 is 17.4 Å². The molecule has 48 heavy (non-hydrogen) atoms. The van der Waals surface area contributed by atoms with Crippen LogP contribution >= 0.6 is 0 Å². The molecule has 1 amide bonds. The average molecular weight is 651 g/mol. The van der Waals surface area contributed by atoms with Crippen LogP contribution in [-0.2, 0) is 11.3 Å². The van der Waals surface area contributed by atoms with Crippen LogP contribution in [0.2, 0.25) is 0 Å². The van der Waals surface area contributed by atoms with Crippen molar-refractivity contribution in [2.75, 3.05) is 38.5 Å². The number of nitrogens with one attached hydrogen (secondary N) is 1. The van der Waals surface area contributed by atoms with Crippen LogP contribution in [0, 0.1) is 5.92 Å². The van der Waals surface area contributed by atoms with Gasteiger partial charge in [0.25, 0.3) is 5.91 Å². The van der Waals surface area contributed by atoms with Crippen LogP contribution in [0.3, 0.4) is 0 Å². The number of methoxy groups -OCH3 is 2. The van der Waals surface area contributed by atoms with Crippen LogP contribution < -0.4 is 30.9 Å². The fourth-order valence-corrected chi connectivity index (χ4v) is 5.83. The van der Waals surface area contributed by atoms with Gasteiger partial charge in [-0.2, -0.15) is 0 Å². The predicted molar refractivity (Wildman–Crippen MR) is 182 cm³/mol. The maximum atomic E-state index is 13.7. The van der Waals surface area contributed by atoms with Crippen molar-refractivity contribution in [1.82, 2.24) is 9.55 Å². The Hall–Kier alpha value is -5.68. The van der Waals surface area contributed by atoms with Gasteiger partial charge in [-0.15, -0.1) is 0 Å². The van der Waals surface area contributed by atoms with Gasteiger partial charge >= 0.3 is 0 Å². The molecule has 0 radical (unpaired) electrons. The Kier molecular flexibility index (Phi) is 9.67. The number of halogens is 1. The summed E-state index contributed by atoms with van der Waals surface area (Å²) < 4.78 is 30.9. The number of anilines is 2. The Morgan fingerprint density at radius 3 is 2.25 bits per heavy atom. The standard InChI is InChI=1S/C37H35FN4O6/c1-45-33-12-7-26(18-34(33)46-2)27-17-30(36(39)40-19-27)24-3-8-28(9-4-24)41-37(44)32-22-42(20-23-13-15-47-16-14-23)21-31(35(32)43)25-5-10-29(48-38)11-6-25/h3-12,17-19,21-23H,13-16,20H2,1-2H3,(H2,39,40)(H,41,44). The third-order valence-corrected chi connectivity index (χ3v) is 8.48. The average Bonchev–Trinajstić information content (AvgIpc) is 3.13. The van der Waals surface area contributed by atoms with Gasteiger partial charge in [-0.1, -0.05) is 30.3 Å². The summed E-state index contributed by atoms with van der Waals surface area (Å²) in [6.07, 6.45) is 6.80. The molecule has 11 heteroatoms. The first-order valence-corrected chi connectivity index (χ1v) is 15.5. The normalized spacial score (nSPS) is 13.1. The fraction of sp³-hybridized carbons (Fsp3) is 0.216. The first kappa shape index (κ1) is 32.3. The van der Waals surface area contributed by atoms with Crippen molar-refractivity contribution in [2.45, 2.75) is 19.4 Å². The monoisotopic (exact) mass is 650 g/mol. The molecule has 246 valence electrons. The summed E-state index contributed by atoms with van der Waals surface area (Å²) in [6, 6.07) is 20.7. The highest BCUT2D eigenvalue weighted by Gasteiger charge is 2.20. The highest BCUT2D eigenvalue weighted by molar-refractivity contribution is 6.04. The highest BCUT2D eigenvalue weighted by atomic mass is 19.3. The summed E-state index contributed by atoms with van der Waals surface area (Å²) in [5, 5.41) is 2.87. The number of hydrogen-bond donors (Lipinski definition) is 2. The Morgan fingerprint density at radius 2 is 1.56 bits per heavy atom. The largest absolute Gasteiger partial charge is 0.493 e. The lowest BCUT2D eigenvalue weighted by molar-refractivity contribution is -0.00618. The summed E-state index contributed by atoms with van der Waals surface area (Å²) in [6.45, 7) is 1.97. The zero-order chi connectivity index (χ0) is 33.6. The van der Waals surface area contributed by atoms with E-state index in [9.17, 15) is 14.1 Å². The zero-order valence-corrected chi connectivity index (χ0v) is 26.6. The van der Waals surface area contributed by atoms with Crippen LogP contribution in [0.25, 0.3) is 33.4 Å². The number of nitrogen functional groups attached to an aromatic ring is 1. The van der Waals surface area contributed by atoms with Crippen molar-refractivity contribution in [3.05, 3.63) is 107 Å².